The normalized spacial score (nSPS) is 13.8. The number of likely N-dealkylation sites (tertiary alicyclic amines) is 1. The highest BCUT2D eigenvalue weighted by atomic mass is 35.5. The zero-order chi connectivity index (χ0) is 21.3. The van der Waals surface area contributed by atoms with Crippen LogP contribution in [0.15, 0.2) is 47.8 Å². The van der Waals surface area contributed by atoms with Gasteiger partial charge in [-0.2, -0.15) is 0 Å². The van der Waals surface area contributed by atoms with E-state index in [1.807, 2.05) is 12.1 Å². The molecular formula is C21H24ClN5O3. The van der Waals surface area contributed by atoms with Crippen molar-refractivity contribution in [1.29, 1.82) is 0 Å². The molecule has 0 spiro atoms. The number of nitrogens with one attached hydrogen (secondary N) is 2. The number of amidine groups is 1. The smallest absolute Gasteiger partial charge is 0.251 e. The molecule has 1 fully saturated rings. The molecule has 0 bridgehead atoms. The van der Waals surface area contributed by atoms with Crippen LogP contribution in [0, 0.1) is 0 Å². The molecule has 2 heterocycles. The summed E-state index contributed by atoms with van der Waals surface area (Å²) in [5.74, 6) is 0.698. The maximum Gasteiger partial charge on any atom is 0.251 e. The van der Waals surface area contributed by atoms with Crippen molar-refractivity contribution < 1.29 is 14.4 Å². The lowest BCUT2D eigenvalue weighted by molar-refractivity contribution is -0.116. The van der Waals surface area contributed by atoms with E-state index in [1.165, 1.54) is 13.3 Å². The van der Waals surface area contributed by atoms with Crippen molar-refractivity contribution >= 4 is 35.1 Å². The third kappa shape index (κ3) is 5.93. The summed E-state index contributed by atoms with van der Waals surface area (Å²) in [7, 11) is 1.52. The average molecular weight is 430 g/mol. The van der Waals surface area contributed by atoms with Gasteiger partial charge in [-0.05, 0) is 37.1 Å². The van der Waals surface area contributed by atoms with E-state index in [1.54, 1.807) is 24.3 Å². The van der Waals surface area contributed by atoms with Gasteiger partial charge in [-0.25, -0.2) is 4.98 Å². The molecule has 1 saturated heterocycles. The van der Waals surface area contributed by atoms with Crippen LogP contribution in [0.1, 0.15) is 35.2 Å². The second-order valence-corrected chi connectivity index (χ2v) is 7.22. The first kappa shape index (κ1) is 21.6. The Hall–Kier alpha value is -3.13. The van der Waals surface area contributed by atoms with Crippen molar-refractivity contribution in [2.45, 2.75) is 19.3 Å². The van der Waals surface area contributed by atoms with Gasteiger partial charge in [-0.3, -0.25) is 9.59 Å². The van der Waals surface area contributed by atoms with Crippen molar-refractivity contribution in [3.05, 3.63) is 58.7 Å². The van der Waals surface area contributed by atoms with Crippen molar-refractivity contribution in [2.75, 3.05) is 32.1 Å². The van der Waals surface area contributed by atoms with Gasteiger partial charge in [0.15, 0.2) is 5.84 Å². The first-order chi connectivity index (χ1) is 14.6. The van der Waals surface area contributed by atoms with Gasteiger partial charge in [0.2, 0.25) is 5.91 Å². The fourth-order valence-corrected chi connectivity index (χ4v) is 3.24. The Bertz CT molecular complexity index is 894. The van der Waals surface area contributed by atoms with E-state index in [0.29, 0.717) is 16.4 Å². The molecule has 158 valence electrons. The Balaban J connectivity index is 1.50. The Labute approximate surface area is 180 Å². The molecule has 0 saturated carbocycles. The Kier molecular flexibility index (Phi) is 7.62. The lowest BCUT2D eigenvalue weighted by Crippen LogP contribution is -2.29. The zero-order valence-corrected chi connectivity index (χ0v) is 17.5. The van der Waals surface area contributed by atoms with Gasteiger partial charge in [0.1, 0.15) is 12.9 Å². The van der Waals surface area contributed by atoms with Crippen molar-refractivity contribution in [3.8, 4) is 0 Å². The van der Waals surface area contributed by atoms with E-state index in [0.717, 1.165) is 37.3 Å². The van der Waals surface area contributed by atoms with Gasteiger partial charge >= 0.3 is 0 Å². The largest absolute Gasteiger partial charge is 0.397 e. The van der Waals surface area contributed by atoms with Crippen LogP contribution < -0.4 is 10.6 Å². The molecule has 2 N–H and O–H groups in total. The van der Waals surface area contributed by atoms with Gasteiger partial charge in [0.25, 0.3) is 5.91 Å². The van der Waals surface area contributed by atoms with E-state index in [-0.39, 0.29) is 24.8 Å². The minimum Gasteiger partial charge on any atom is -0.397 e. The number of oxime groups is 1. The Morgan fingerprint density at radius 1 is 1.13 bits per heavy atom. The number of anilines is 1. The van der Waals surface area contributed by atoms with Crippen molar-refractivity contribution in [2.24, 2.45) is 5.16 Å². The van der Waals surface area contributed by atoms with Gasteiger partial charge in [-0.15, -0.1) is 0 Å². The van der Waals surface area contributed by atoms with E-state index in [4.69, 9.17) is 16.4 Å². The highest BCUT2D eigenvalue weighted by molar-refractivity contribution is 6.30. The Morgan fingerprint density at radius 3 is 2.47 bits per heavy atom. The number of amides is 2. The van der Waals surface area contributed by atoms with E-state index in [9.17, 15) is 9.59 Å². The fourth-order valence-electron chi connectivity index (χ4n) is 3.13. The molecule has 0 radical (unpaired) electrons. The van der Waals surface area contributed by atoms with Crippen LogP contribution in [0.4, 0.5) is 5.82 Å². The number of benzene rings is 1. The first-order valence-corrected chi connectivity index (χ1v) is 10.1. The molecule has 0 aliphatic carbocycles. The van der Waals surface area contributed by atoms with E-state index in [2.05, 4.69) is 25.7 Å². The zero-order valence-electron chi connectivity index (χ0n) is 16.7. The molecule has 1 aromatic carbocycles. The molecule has 2 amide bonds. The van der Waals surface area contributed by atoms with Crippen LogP contribution >= 0.6 is 11.6 Å². The second kappa shape index (κ2) is 10.6. The molecule has 9 heteroatoms. The minimum atomic E-state index is -0.245. The summed E-state index contributed by atoms with van der Waals surface area (Å²) in [6, 6.07) is 10.4. The number of carbonyl (C=O) groups is 2. The fraction of sp³-hybridized carbons (Fsp3) is 0.333. The topological polar surface area (TPSA) is 95.9 Å². The molecular weight excluding hydrogens is 406 g/mol. The summed E-state index contributed by atoms with van der Waals surface area (Å²) in [5.41, 5.74) is 1.40. The predicted molar refractivity (Wildman–Crippen MR) is 116 cm³/mol. The SMILES string of the molecule is CON=C(c1ccc(C(=O)NCCC(=O)Nc2ccc(Cl)cn2)cc1)N1CCCC1. The van der Waals surface area contributed by atoms with E-state index < -0.39 is 0 Å². The molecule has 0 atom stereocenters. The van der Waals surface area contributed by atoms with Crippen LogP contribution in [-0.2, 0) is 9.63 Å². The van der Waals surface area contributed by atoms with Crippen LogP contribution in [-0.4, -0.2) is 54.3 Å². The summed E-state index contributed by atoms with van der Waals surface area (Å²) in [5, 5.41) is 10.0. The number of rotatable bonds is 7. The van der Waals surface area contributed by atoms with Gasteiger partial charge in [0.05, 0.1) is 5.02 Å². The van der Waals surface area contributed by atoms with Crippen LogP contribution in [0.25, 0.3) is 0 Å². The van der Waals surface area contributed by atoms with Crippen LogP contribution in [0.3, 0.4) is 0 Å². The predicted octanol–water partition coefficient (Wildman–Crippen LogP) is 2.90. The maximum absolute atomic E-state index is 12.3. The average Bonchev–Trinajstić information content (AvgIpc) is 3.28. The van der Waals surface area contributed by atoms with E-state index >= 15 is 0 Å². The molecule has 2 aromatic rings. The summed E-state index contributed by atoms with van der Waals surface area (Å²) in [4.78, 5) is 35.5. The molecule has 3 rings (SSSR count). The lowest BCUT2D eigenvalue weighted by atomic mass is 10.1. The number of hydrogen-bond acceptors (Lipinski definition) is 5. The summed E-state index contributed by atoms with van der Waals surface area (Å²) in [6.07, 6.45) is 3.85. The van der Waals surface area contributed by atoms with Gasteiger partial charge in [0, 0.05) is 43.4 Å². The lowest BCUT2D eigenvalue weighted by Gasteiger charge is -2.19. The number of nitrogens with zero attached hydrogens (tertiary/aromatic N) is 3. The molecule has 1 aliphatic rings. The highest BCUT2D eigenvalue weighted by Crippen LogP contribution is 2.15. The number of hydrogen-bond donors (Lipinski definition) is 2. The molecule has 1 aliphatic heterocycles. The maximum atomic E-state index is 12.3. The summed E-state index contributed by atoms with van der Waals surface area (Å²) >= 11 is 5.76. The first-order valence-electron chi connectivity index (χ1n) is 9.73. The minimum absolute atomic E-state index is 0.133. The third-order valence-electron chi connectivity index (χ3n) is 4.62. The second-order valence-electron chi connectivity index (χ2n) is 6.78. The summed E-state index contributed by atoms with van der Waals surface area (Å²) in [6.45, 7) is 2.10. The molecule has 30 heavy (non-hydrogen) atoms. The number of aromatic nitrogens is 1. The molecule has 8 nitrogen and oxygen atoms in total. The van der Waals surface area contributed by atoms with Gasteiger partial charge < -0.3 is 20.4 Å². The molecule has 1 aromatic heterocycles. The van der Waals surface area contributed by atoms with Crippen molar-refractivity contribution in [3.63, 3.8) is 0 Å². The number of carbonyl (C=O) groups excluding carboxylic acids is 2. The van der Waals surface area contributed by atoms with Crippen LogP contribution in [0.2, 0.25) is 5.02 Å². The number of halogens is 1. The quantitative estimate of drug-likeness (QED) is 0.401. The standard InChI is InChI=1S/C21H24ClN5O3/c1-30-26-20(27-12-2-3-13-27)15-4-6-16(7-5-15)21(29)23-11-10-19(28)25-18-9-8-17(22)14-24-18/h4-9,14H,2-3,10-13H2,1H3,(H,23,29)(H,24,25,28). The highest BCUT2D eigenvalue weighted by Gasteiger charge is 2.19. The van der Waals surface area contributed by atoms with Gasteiger partial charge in [-0.1, -0.05) is 28.9 Å². The molecule has 0 unspecified atom stereocenters. The number of pyridine rings is 1. The van der Waals surface area contributed by atoms with Crippen molar-refractivity contribution in [1.82, 2.24) is 15.2 Å². The Morgan fingerprint density at radius 2 is 1.83 bits per heavy atom. The summed E-state index contributed by atoms with van der Waals surface area (Å²) < 4.78 is 0. The van der Waals surface area contributed by atoms with Crippen LogP contribution in [0.5, 0.6) is 0 Å². The third-order valence-corrected chi connectivity index (χ3v) is 4.84. The monoisotopic (exact) mass is 429 g/mol.